The SMILES string of the molecule is COc1ccc2cc1OCCCN(S(=O)(=O)c1cc3ccccc3s1)CC(=O)NCCc1c([nH]c3ccccc13)C2. The van der Waals surface area contributed by atoms with Gasteiger partial charge in [0.25, 0.3) is 10.0 Å². The molecule has 3 heterocycles. The second kappa shape index (κ2) is 11.6. The van der Waals surface area contributed by atoms with E-state index in [1.165, 1.54) is 15.6 Å². The van der Waals surface area contributed by atoms with Gasteiger partial charge < -0.3 is 19.8 Å². The van der Waals surface area contributed by atoms with Crippen molar-refractivity contribution in [1.29, 1.82) is 0 Å². The fraction of sp³-hybridized carbons (Fsp3) is 0.258. The zero-order chi connectivity index (χ0) is 28.4. The summed E-state index contributed by atoms with van der Waals surface area (Å²) < 4.78 is 41.5. The zero-order valence-electron chi connectivity index (χ0n) is 22.7. The number of nitrogens with zero attached hydrogens (tertiary/aromatic N) is 1. The van der Waals surface area contributed by atoms with Crippen LogP contribution in [0.4, 0.5) is 0 Å². The van der Waals surface area contributed by atoms with Gasteiger partial charge in [0, 0.05) is 40.8 Å². The molecular formula is C31H31N3O5S2. The second-order valence-corrected chi connectivity index (χ2v) is 13.3. The van der Waals surface area contributed by atoms with Crippen molar-refractivity contribution in [2.45, 2.75) is 23.5 Å². The van der Waals surface area contributed by atoms with Crippen LogP contribution in [0.15, 0.2) is 77.0 Å². The smallest absolute Gasteiger partial charge is 0.253 e. The van der Waals surface area contributed by atoms with E-state index in [1.54, 1.807) is 13.2 Å². The molecule has 6 rings (SSSR count). The van der Waals surface area contributed by atoms with E-state index in [9.17, 15) is 13.2 Å². The number of fused-ring (bicyclic) bond motifs is 6. The summed E-state index contributed by atoms with van der Waals surface area (Å²) >= 11 is 1.21. The number of carbonyl (C=O) groups excluding carboxylic acids is 1. The number of rotatable bonds is 3. The van der Waals surface area contributed by atoms with Crippen LogP contribution in [-0.2, 0) is 27.7 Å². The maximum atomic E-state index is 13.8. The van der Waals surface area contributed by atoms with Crippen LogP contribution in [0.2, 0.25) is 0 Å². The highest BCUT2D eigenvalue weighted by molar-refractivity contribution is 7.91. The molecule has 2 aromatic heterocycles. The predicted octanol–water partition coefficient (Wildman–Crippen LogP) is 5.11. The number of aromatic nitrogens is 1. The molecule has 0 atom stereocenters. The van der Waals surface area contributed by atoms with E-state index in [4.69, 9.17) is 9.47 Å². The number of thiophene rings is 1. The lowest BCUT2D eigenvalue weighted by atomic mass is 10.0. The van der Waals surface area contributed by atoms with Gasteiger partial charge in [0.15, 0.2) is 11.5 Å². The van der Waals surface area contributed by atoms with Crippen molar-refractivity contribution >= 4 is 48.3 Å². The largest absolute Gasteiger partial charge is 0.493 e. The molecule has 5 aromatic rings. The Morgan fingerprint density at radius 3 is 2.71 bits per heavy atom. The van der Waals surface area contributed by atoms with E-state index in [0.717, 1.165) is 37.8 Å². The Morgan fingerprint density at radius 2 is 1.85 bits per heavy atom. The highest BCUT2D eigenvalue weighted by Gasteiger charge is 2.28. The number of benzene rings is 3. The number of hydrogen-bond acceptors (Lipinski definition) is 6. The third-order valence-corrected chi connectivity index (χ3v) is 10.7. The van der Waals surface area contributed by atoms with Crippen LogP contribution in [0.3, 0.4) is 0 Å². The molecule has 0 radical (unpaired) electrons. The van der Waals surface area contributed by atoms with Gasteiger partial charge in [0.1, 0.15) is 4.21 Å². The van der Waals surface area contributed by atoms with Gasteiger partial charge in [-0.15, -0.1) is 11.3 Å². The normalized spacial score (nSPS) is 15.8. The van der Waals surface area contributed by atoms with Crippen molar-refractivity contribution in [3.63, 3.8) is 0 Å². The summed E-state index contributed by atoms with van der Waals surface area (Å²) in [5, 5.41) is 4.93. The number of ether oxygens (including phenoxy) is 2. The maximum Gasteiger partial charge on any atom is 0.253 e. The van der Waals surface area contributed by atoms with Gasteiger partial charge in [-0.3, -0.25) is 4.79 Å². The molecule has 0 fully saturated rings. The summed E-state index contributed by atoms with van der Waals surface area (Å²) in [6.45, 7) is 0.521. The molecule has 1 aliphatic rings. The molecule has 1 aliphatic heterocycles. The van der Waals surface area contributed by atoms with Crippen LogP contribution < -0.4 is 14.8 Å². The fourth-order valence-electron chi connectivity index (χ4n) is 5.30. The first-order valence-corrected chi connectivity index (χ1v) is 15.8. The Kier molecular flexibility index (Phi) is 7.70. The highest BCUT2D eigenvalue weighted by atomic mass is 32.2. The number of sulfonamides is 1. The van der Waals surface area contributed by atoms with Crippen LogP contribution in [0.1, 0.15) is 23.2 Å². The van der Waals surface area contributed by atoms with Crippen molar-refractivity contribution in [3.05, 3.63) is 89.6 Å². The zero-order valence-corrected chi connectivity index (χ0v) is 24.3. The Labute approximate surface area is 242 Å². The average molecular weight is 590 g/mol. The third-order valence-electron chi connectivity index (χ3n) is 7.33. The number of amides is 1. The number of methoxy groups -OCH3 is 1. The lowest BCUT2D eigenvalue weighted by Gasteiger charge is -2.21. The molecule has 2 N–H and O–H groups in total. The number of aromatic amines is 1. The Balaban J connectivity index is 1.32. The monoisotopic (exact) mass is 589 g/mol. The minimum Gasteiger partial charge on any atom is -0.493 e. The van der Waals surface area contributed by atoms with Crippen LogP contribution in [-0.4, -0.2) is 57.0 Å². The summed E-state index contributed by atoms with van der Waals surface area (Å²) in [6, 6.07) is 23.2. The quantitative estimate of drug-likeness (QED) is 0.305. The summed E-state index contributed by atoms with van der Waals surface area (Å²) in [5.74, 6) is 0.878. The van der Waals surface area contributed by atoms with Crippen LogP contribution in [0.25, 0.3) is 21.0 Å². The molecule has 212 valence electrons. The molecule has 8 nitrogen and oxygen atoms in total. The number of carbonyl (C=O) groups is 1. The average Bonchev–Trinajstić information content (AvgIpc) is 3.56. The summed E-state index contributed by atoms with van der Waals surface area (Å²) in [6.07, 6.45) is 1.67. The first-order chi connectivity index (χ1) is 19.9. The summed E-state index contributed by atoms with van der Waals surface area (Å²) in [4.78, 5) is 16.6. The molecule has 0 unspecified atom stereocenters. The van der Waals surface area contributed by atoms with Gasteiger partial charge in [0.05, 0.1) is 20.3 Å². The minimum absolute atomic E-state index is 0.138. The first kappa shape index (κ1) is 27.3. The minimum atomic E-state index is -3.90. The number of nitrogens with one attached hydrogen (secondary N) is 2. The molecule has 0 aliphatic carbocycles. The van der Waals surface area contributed by atoms with Gasteiger partial charge in [-0.1, -0.05) is 42.5 Å². The molecule has 2 bridgehead atoms. The van der Waals surface area contributed by atoms with E-state index in [1.807, 2.05) is 60.7 Å². The molecule has 10 heteroatoms. The standard InChI is InChI=1S/C31H31N3O5S2/c1-38-27-12-11-21-17-26-24(23-8-3-4-9-25(23)33-26)13-14-32-30(35)20-34(15-6-16-39-28(27)18-21)41(36,37)31-19-22-7-2-5-10-29(22)40-31/h2-5,7-12,18-19,33H,6,13-17,20H2,1H3,(H,32,35). The third kappa shape index (κ3) is 5.68. The van der Waals surface area contributed by atoms with Crippen LogP contribution >= 0.6 is 11.3 Å². The van der Waals surface area contributed by atoms with Crippen molar-refractivity contribution in [2.75, 3.05) is 33.4 Å². The Morgan fingerprint density at radius 1 is 1.02 bits per heavy atom. The Bertz CT molecular complexity index is 1790. The lowest BCUT2D eigenvalue weighted by Crippen LogP contribution is -2.41. The number of para-hydroxylation sites is 1. The van der Waals surface area contributed by atoms with Gasteiger partial charge in [0.2, 0.25) is 5.91 Å². The molecule has 0 saturated heterocycles. The first-order valence-electron chi connectivity index (χ1n) is 13.6. The van der Waals surface area contributed by atoms with Gasteiger partial charge in [-0.25, -0.2) is 8.42 Å². The molecule has 41 heavy (non-hydrogen) atoms. The van der Waals surface area contributed by atoms with Gasteiger partial charge in [-0.05, 0) is 59.7 Å². The van der Waals surface area contributed by atoms with Crippen LogP contribution in [0.5, 0.6) is 11.5 Å². The van der Waals surface area contributed by atoms with Crippen molar-refractivity contribution < 1.29 is 22.7 Å². The van der Waals surface area contributed by atoms with Crippen molar-refractivity contribution in [2.24, 2.45) is 0 Å². The van der Waals surface area contributed by atoms with Crippen LogP contribution in [0, 0.1) is 0 Å². The number of H-pyrrole nitrogens is 1. The van der Waals surface area contributed by atoms with Gasteiger partial charge in [-0.2, -0.15) is 4.31 Å². The van der Waals surface area contributed by atoms with E-state index < -0.39 is 10.0 Å². The predicted molar refractivity (Wildman–Crippen MR) is 162 cm³/mol. The summed E-state index contributed by atoms with van der Waals surface area (Å²) in [7, 11) is -2.31. The van der Waals surface area contributed by atoms with E-state index in [0.29, 0.717) is 37.3 Å². The topological polar surface area (TPSA) is 101 Å². The van der Waals surface area contributed by atoms with E-state index in [2.05, 4.69) is 16.4 Å². The van der Waals surface area contributed by atoms with E-state index in [-0.39, 0.29) is 29.8 Å². The van der Waals surface area contributed by atoms with Crippen molar-refractivity contribution in [1.82, 2.24) is 14.6 Å². The van der Waals surface area contributed by atoms with Gasteiger partial charge >= 0.3 is 0 Å². The lowest BCUT2D eigenvalue weighted by molar-refractivity contribution is -0.121. The van der Waals surface area contributed by atoms with E-state index >= 15 is 0 Å². The maximum absolute atomic E-state index is 13.8. The molecule has 3 aromatic carbocycles. The fourth-order valence-corrected chi connectivity index (χ4v) is 8.29. The molecular weight excluding hydrogens is 558 g/mol. The highest BCUT2D eigenvalue weighted by Crippen LogP contribution is 2.33. The molecule has 1 amide bonds. The second-order valence-electron chi connectivity index (χ2n) is 10.0. The Hall–Kier alpha value is -3.86. The molecule has 0 spiro atoms. The summed E-state index contributed by atoms with van der Waals surface area (Å²) in [5.41, 5.74) is 4.28. The molecule has 0 saturated carbocycles. The number of hydrogen-bond donors (Lipinski definition) is 2. The van der Waals surface area contributed by atoms with Crippen molar-refractivity contribution in [3.8, 4) is 11.5 Å².